The Morgan fingerprint density at radius 3 is 1.19 bits per heavy atom. The lowest BCUT2D eigenvalue weighted by Crippen LogP contribution is -2.37. The molecule has 0 N–H and O–H groups in total. The Morgan fingerprint density at radius 2 is 0.687 bits per heavy atom. The van der Waals surface area contributed by atoms with Gasteiger partial charge in [-0.1, -0.05) is 231 Å². The molecule has 0 atom stereocenters. The average Bonchev–Trinajstić information content (AvgIpc) is 3.74. The van der Waals surface area contributed by atoms with E-state index in [0.717, 1.165) is 22.5 Å². The van der Waals surface area contributed by atoms with Crippen LogP contribution < -0.4 is 5.19 Å². The number of benzene rings is 10. The highest BCUT2D eigenvalue weighted by Gasteiger charge is 2.24. The number of aromatic nitrogens is 1. The van der Waals surface area contributed by atoms with E-state index in [0.29, 0.717) is 0 Å². The second-order valence-corrected chi connectivity index (χ2v) is 23.6. The molecule has 1 aromatic heterocycles. The van der Waals surface area contributed by atoms with Crippen LogP contribution in [0, 0.1) is 0 Å². The van der Waals surface area contributed by atoms with Crippen LogP contribution in [-0.4, -0.2) is 12.6 Å². The molecule has 0 bridgehead atoms. The van der Waals surface area contributed by atoms with E-state index >= 15 is 0 Å². The maximum Gasteiger partial charge on any atom is 0.0775 e. The molecule has 0 aliphatic carbocycles. The molecule has 320 valence electrons. The minimum absolute atomic E-state index is 1.12. The van der Waals surface area contributed by atoms with Crippen molar-refractivity contribution in [3.63, 3.8) is 0 Å². The summed E-state index contributed by atoms with van der Waals surface area (Å²) in [5.41, 5.74) is 21.3. The van der Waals surface area contributed by atoms with Crippen molar-refractivity contribution in [3.8, 4) is 94.8 Å². The van der Waals surface area contributed by atoms with Crippen molar-refractivity contribution in [2.45, 2.75) is 19.6 Å². The predicted octanol–water partition coefficient (Wildman–Crippen LogP) is 17.5. The lowest BCUT2D eigenvalue weighted by atomic mass is 9.89. The Balaban J connectivity index is 1.17. The largest absolute Gasteiger partial charge is 0.309 e. The zero-order valence-corrected chi connectivity index (χ0v) is 39.2. The van der Waals surface area contributed by atoms with Crippen molar-refractivity contribution in [2.24, 2.45) is 0 Å². The summed E-state index contributed by atoms with van der Waals surface area (Å²) >= 11 is 0. The van der Waals surface area contributed by atoms with Gasteiger partial charge in [0.2, 0.25) is 0 Å². The molecule has 0 saturated heterocycles. The summed E-state index contributed by atoms with van der Waals surface area (Å²) < 4.78 is 2.49. The first kappa shape index (κ1) is 41.6. The average molecular weight is 874 g/mol. The molecule has 0 aliphatic rings. The highest BCUT2D eigenvalue weighted by atomic mass is 28.3. The predicted molar refractivity (Wildman–Crippen MR) is 290 cm³/mol. The highest BCUT2D eigenvalue weighted by Crippen LogP contribution is 2.47. The van der Waals surface area contributed by atoms with Crippen molar-refractivity contribution >= 4 is 24.2 Å². The van der Waals surface area contributed by atoms with Gasteiger partial charge in [0, 0.05) is 16.6 Å². The van der Waals surface area contributed by atoms with Crippen LogP contribution in [0.5, 0.6) is 0 Å². The second kappa shape index (κ2) is 17.7. The lowest BCUT2D eigenvalue weighted by molar-refractivity contribution is 1.14. The molecule has 1 heterocycles. The summed E-state index contributed by atoms with van der Waals surface area (Å²) in [7, 11) is -1.41. The van der Waals surface area contributed by atoms with Gasteiger partial charge in [-0.3, -0.25) is 0 Å². The minimum atomic E-state index is -1.41. The molecule has 11 aromatic rings. The molecule has 67 heavy (non-hydrogen) atoms. The molecule has 1 nitrogen and oxygen atoms in total. The molecule has 0 spiro atoms. The molecule has 0 unspecified atom stereocenters. The third-order valence-corrected chi connectivity index (χ3v) is 15.2. The summed E-state index contributed by atoms with van der Waals surface area (Å²) in [4.78, 5) is 0. The van der Waals surface area contributed by atoms with Gasteiger partial charge in [0.25, 0.3) is 0 Å². The van der Waals surface area contributed by atoms with E-state index in [9.17, 15) is 0 Å². The molecule has 0 amide bonds. The van der Waals surface area contributed by atoms with Gasteiger partial charge in [-0.05, 0) is 126 Å². The summed E-state index contributed by atoms with van der Waals surface area (Å²) in [6.07, 6.45) is 0. The molecular weight excluding hydrogens is 823 g/mol. The van der Waals surface area contributed by atoms with Crippen LogP contribution in [0.15, 0.2) is 255 Å². The van der Waals surface area contributed by atoms with Gasteiger partial charge in [-0.15, -0.1) is 0 Å². The Morgan fingerprint density at radius 1 is 0.284 bits per heavy atom. The SMILES string of the molecule is C[Si](C)(C)c1ccc(-c2ccc(-n3c(-c4ccccc4)c(-c4ccc(-c5ccccc5)c(-c5ccccc5)c4)c4cc(-c5cc(-c6ccccc6)cc(-c6ccccc6)c5)ccc43)cc2)cc1. The van der Waals surface area contributed by atoms with Gasteiger partial charge >= 0.3 is 0 Å². The molecule has 0 saturated carbocycles. The fourth-order valence-corrected chi connectivity index (χ4v) is 10.8. The Labute approximate surface area is 396 Å². The van der Waals surface area contributed by atoms with Crippen LogP contribution in [0.25, 0.3) is 106 Å². The summed E-state index contributed by atoms with van der Waals surface area (Å²) in [5.74, 6) is 0. The zero-order valence-electron chi connectivity index (χ0n) is 38.2. The fraction of sp³-hybridized carbons (Fsp3) is 0.0462. The van der Waals surface area contributed by atoms with Crippen molar-refractivity contribution < 1.29 is 0 Å². The van der Waals surface area contributed by atoms with E-state index in [1.165, 1.54) is 88.5 Å². The Hall–Kier alpha value is -8.04. The molecular formula is C65H51NSi. The first-order valence-electron chi connectivity index (χ1n) is 23.3. The zero-order chi connectivity index (χ0) is 45.3. The summed E-state index contributed by atoms with van der Waals surface area (Å²) in [6, 6.07) is 93.7. The fourth-order valence-electron chi connectivity index (χ4n) is 9.68. The van der Waals surface area contributed by atoms with E-state index in [1.807, 2.05) is 0 Å². The number of nitrogens with zero attached hydrogens (tertiary/aromatic N) is 1. The molecule has 0 fully saturated rings. The standard InChI is InChI=1S/C65H51NSi/c1-67(2,3)59-37-31-49(32-38-59)48-29-35-58(36-30-48)66-63-40-34-53(57-42-55(46-19-9-4-10-20-46)41-56(43-57)47-21-11-5-12-22-47)44-62(63)64(65(66)52-27-17-8-18-28-52)54-33-39-60(50-23-13-6-14-24-50)61(45-54)51-25-15-7-16-26-51/h4-45H,1-3H3. The van der Waals surface area contributed by atoms with E-state index in [4.69, 9.17) is 0 Å². The van der Waals surface area contributed by atoms with E-state index < -0.39 is 8.07 Å². The normalized spacial score (nSPS) is 11.5. The highest BCUT2D eigenvalue weighted by molar-refractivity contribution is 6.88. The van der Waals surface area contributed by atoms with Gasteiger partial charge in [0.05, 0.1) is 19.3 Å². The van der Waals surface area contributed by atoms with Crippen LogP contribution >= 0.6 is 0 Å². The van der Waals surface area contributed by atoms with E-state index in [-0.39, 0.29) is 0 Å². The molecule has 0 aliphatic heterocycles. The number of fused-ring (bicyclic) bond motifs is 1. The second-order valence-electron chi connectivity index (χ2n) is 18.6. The smallest absolute Gasteiger partial charge is 0.0775 e. The van der Waals surface area contributed by atoms with Gasteiger partial charge in [0.15, 0.2) is 0 Å². The minimum Gasteiger partial charge on any atom is -0.309 e. The number of hydrogen-bond acceptors (Lipinski definition) is 0. The maximum absolute atomic E-state index is 2.49. The van der Waals surface area contributed by atoms with Crippen LogP contribution in [0.4, 0.5) is 0 Å². The van der Waals surface area contributed by atoms with Crippen molar-refractivity contribution in [2.75, 3.05) is 0 Å². The summed E-state index contributed by atoms with van der Waals surface area (Å²) in [6.45, 7) is 7.22. The van der Waals surface area contributed by atoms with Gasteiger partial charge < -0.3 is 4.57 Å². The molecule has 10 aromatic carbocycles. The summed E-state index contributed by atoms with van der Waals surface area (Å²) in [5, 5.41) is 2.67. The monoisotopic (exact) mass is 873 g/mol. The molecule has 2 heteroatoms. The van der Waals surface area contributed by atoms with E-state index in [2.05, 4.69) is 279 Å². The van der Waals surface area contributed by atoms with E-state index in [1.54, 1.807) is 0 Å². The molecule has 11 rings (SSSR count). The first-order valence-corrected chi connectivity index (χ1v) is 26.8. The van der Waals surface area contributed by atoms with Crippen LogP contribution in [0.2, 0.25) is 19.6 Å². The Bertz CT molecular complexity index is 3420. The quantitative estimate of drug-likeness (QED) is 0.121. The van der Waals surface area contributed by atoms with Crippen LogP contribution in [-0.2, 0) is 0 Å². The van der Waals surface area contributed by atoms with Gasteiger partial charge in [0.1, 0.15) is 0 Å². The van der Waals surface area contributed by atoms with Crippen LogP contribution in [0.1, 0.15) is 0 Å². The third-order valence-electron chi connectivity index (χ3n) is 13.2. The van der Waals surface area contributed by atoms with Crippen LogP contribution in [0.3, 0.4) is 0 Å². The topological polar surface area (TPSA) is 4.93 Å². The van der Waals surface area contributed by atoms with Crippen molar-refractivity contribution in [1.29, 1.82) is 0 Å². The third kappa shape index (κ3) is 8.29. The van der Waals surface area contributed by atoms with Gasteiger partial charge in [-0.25, -0.2) is 0 Å². The Kier molecular flexibility index (Phi) is 11.0. The maximum atomic E-state index is 2.49. The van der Waals surface area contributed by atoms with Gasteiger partial charge in [-0.2, -0.15) is 0 Å². The van der Waals surface area contributed by atoms with Crippen molar-refractivity contribution in [3.05, 3.63) is 255 Å². The number of hydrogen-bond donors (Lipinski definition) is 0. The van der Waals surface area contributed by atoms with Crippen molar-refractivity contribution in [1.82, 2.24) is 4.57 Å². The first-order chi connectivity index (χ1) is 32.9. The molecule has 0 radical (unpaired) electrons. The number of rotatable bonds is 10. The lowest BCUT2D eigenvalue weighted by Gasteiger charge is -2.17.